The number of H-pyrrole nitrogens is 1. The second-order valence-electron chi connectivity index (χ2n) is 5.30. The summed E-state index contributed by atoms with van der Waals surface area (Å²) in [7, 11) is 0. The van der Waals surface area contributed by atoms with Gasteiger partial charge in [-0.1, -0.05) is 24.3 Å². The van der Waals surface area contributed by atoms with E-state index in [0.717, 1.165) is 22.2 Å². The second-order valence-corrected chi connectivity index (χ2v) is 5.30. The molecule has 1 heterocycles. The number of amides is 2. The normalized spacial score (nSPS) is 10.5. The number of fused-ring (bicyclic) bond motifs is 1. The number of nitrogens with zero attached hydrogens (tertiary/aromatic N) is 1. The van der Waals surface area contributed by atoms with E-state index in [0.29, 0.717) is 12.2 Å². The van der Waals surface area contributed by atoms with Crippen molar-refractivity contribution in [3.8, 4) is 0 Å². The Labute approximate surface area is 138 Å². The molecule has 0 aliphatic rings. The molecule has 0 bridgehead atoms. The highest BCUT2D eigenvalue weighted by molar-refractivity contribution is 6.39. The molecule has 1 aromatic heterocycles. The number of hydrogen-bond acceptors (Lipinski definition) is 4. The molecule has 0 radical (unpaired) electrons. The van der Waals surface area contributed by atoms with E-state index in [1.165, 1.54) is 0 Å². The van der Waals surface area contributed by atoms with Gasteiger partial charge in [-0.2, -0.15) is 0 Å². The molecular weight excluding hydrogens is 306 g/mol. The van der Waals surface area contributed by atoms with E-state index in [2.05, 4.69) is 20.6 Å². The number of rotatable bonds is 4. The van der Waals surface area contributed by atoms with Crippen molar-refractivity contribution >= 4 is 28.5 Å². The fraction of sp³-hybridized carbons (Fsp3) is 0.118. The molecule has 0 atom stereocenters. The van der Waals surface area contributed by atoms with Gasteiger partial charge in [0.25, 0.3) is 0 Å². The van der Waals surface area contributed by atoms with Crippen LogP contribution in [0.15, 0.2) is 48.8 Å². The van der Waals surface area contributed by atoms with Crippen LogP contribution in [0.5, 0.6) is 0 Å². The van der Waals surface area contributed by atoms with Gasteiger partial charge in [0.2, 0.25) is 0 Å². The van der Waals surface area contributed by atoms with E-state index in [-0.39, 0.29) is 6.54 Å². The number of anilines is 1. The summed E-state index contributed by atoms with van der Waals surface area (Å²) < 4.78 is 0. The van der Waals surface area contributed by atoms with Crippen molar-refractivity contribution in [3.05, 3.63) is 59.9 Å². The predicted molar refractivity (Wildman–Crippen MR) is 90.9 cm³/mol. The van der Waals surface area contributed by atoms with E-state index in [4.69, 9.17) is 5.73 Å². The summed E-state index contributed by atoms with van der Waals surface area (Å²) in [6.07, 6.45) is 1.57. The summed E-state index contributed by atoms with van der Waals surface area (Å²) in [6, 6.07) is 12.7. The molecule has 0 saturated carbocycles. The van der Waals surface area contributed by atoms with Gasteiger partial charge >= 0.3 is 11.8 Å². The number of carbonyl (C=O) groups is 2. The Morgan fingerprint density at radius 2 is 1.92 bits per heavy atom. The Morgan fingerprint density at radius 3 is 2.75 bits per heavy atom. The van der Waals surface area contributed by atoms with E-state index in [1.54, 1.807) is 24.5 Å². The third-order valence-electron chi connectivity index (χ3n) is 3.56. The summed E-state index contributed by atoms with van der Waals surface area (Å²) in [5.41, 5.74) is 9.54. The van der Waals surface area contributed by atoms with Crippen molar-refractivity contribution in [2.75, 3.05) is 5.32 Å². The molecule has 5 N–H and O–H groups in total. The third kappa shape index (κ3) is 3.58. The molecule has 3 aromatic rings. The lowest BCUT2D eigenvalue weighted by Crippen LogP contribution is -2.34. The fourth-order valence-electron chi connectivity index (χ4n) is 2.33. The van der Waals surface area contributed by atoms with Crippen molar-refractivity contribution in [3.63, 3.8) is 0 Å². The Balaban J connectivity index is 1.58. The molecule has 3 rings (SSSR count). The Morgan fingerprint density at radius 1 is 1.08 bits per heavy atom. The molecule has 24 heavy (non-hydrogen) atoms. The van der Waals surface area contributed by atoms with Crippen LogP contribution in [0, 0.1) is 0 Å². The van der Waals surface area contributed by atoms with Gasteiger partial charge < -0.3 is 21.4 Å². The number of carbonyl (C=O) groups excluding carboxylic acids is 2. The van der Waals surface area contributed by atoms with Crippen molar-refractivity contribution in [2.24, 2.45) is 5.73 Å². The molecule has 0 fully saturated rings. The van der Waals surface area contributed by atoms with Crippen LogP contribution in [0.3, 0.4) is 0 Å². The zero-order valence-corrected chi connectivity index (χ0v) is 12.9. The molecule has 0 unspecified atom stereocenters. The highest BCUT2D eigenvalue weighted by atomic mass is 16.2. The number of nitrogens with one attached hydrogen (secondary N) is 3. The molecule has 2 amide bonds. The minimum atomic E-state index is -0.719. The number of nitrogens with two attached hydrogens (primary N) is 1. The first-order valence-electron chi connectivity index (χ1n) is 7.46. The SMILES string of the molecule is NCc1cccc(CNC(=O)C(=O)Nc2ccc3nc[nH]c3c2)c1. The Hall–Kier alpha value is -3.19. The third-order valence-corrected chi connectivity index (χ3v) is 3.56. The zero-order valence-electron chi connectivity index (χ0n) is 12.9. The molecule has 2 aromatic carbocycles. The molecule has 7 heteroatoms. The monoisotopic (exact) mass is 323 g/mol. The van der Waals surface area contributed by atoms with Gasteiger partial charge in [0.05, 0.1) is 17.4 Å². The van der Waals surface area contributed by atoms with Crippen LogP contribution in [0.2, 0.25) is 0 Å². The standard InChI is InChI=1S/C17H17N5O2/c18-8-11-2-1-3-12(6-11)9-19-16(23)17(24)22-13-4-5-14-15(7-13)21-10-20-14/h1-7,10H,8-9,18H2,(H,19,23)(H,20,21)(H,22,24). The Bertz CT molecular complexity index is 887. The number of aromatic nitrogens is 2. The average molecular weight is 323 g/mol. The van der Waals surface area contributed by atoms with Gasteiger partial charge in [-0.3, -0.25) is 9.59 Å². The number of benzene rings is 2. The molecule has 0 aliphatic carbocycles. The first-order valence-corrected chi connectivity index (χ1v) is 7.46. The summed E-state index contributed by atoms with van der Waals surface area (Å²) >= 11 is 0. The fourth-order valence-corrected chi connectivity index (χ4v) is 2.33. The highest BCUT2D eigenvalue weighted by Gasteiger charge is 2.13. The average Bonchev–Trinajstić information content (AvgIpc) is 3.07. The molecule has 122 valence electrons. The van der Waals surface area contributed by atoms with Gasteiger partial charge in [0, 0.05) is 18.8 Å². The maximum atomic E-state index is 12.0. The molecule has 0 spiro atoms. The van der Waals surface area contributed by atoms with Crippen LogP contribution in [-0.2, 0) is 22.7 Å². The smallest absolute Gasteiger partial charge is 0.313 e. The van der Waals surface area contributed by atoms with Gasteiger partial charge in [-0.25, -0.2) is 4.98 Å². The number of hydrogen-bond donors (Lipinski definition) is 4. The summed E-state index contributed by atoms with van der Waals surface area (Å²) in [6.45, 7) is 0.692. The van der Waals surface area contributed by atoms with Crippen molar-refractivity contribution in [1.29, 1.82) is 0 Å². The molecule has 0 aliphatic heterocycles. The summed E-state index contributed by atoms with van der Waals surface area (Å²) in [5, 5.41) is 5.15. The maximum Gasteiger partial charge on any atom is 0.313 e. The van der Waals surface area contributed by atoms with Crippen LogP contribution in [0.25, 0.3) is 11.0 Å². The van der Waals surface area contributed by atoms with Gasteiger partial charge in [-0.15, -0.1) is 0 Å². The van der Waals surface area contributed by atoms with Crippen LogP contribution < -0.4 is 16.4 Å². The van der Waals surface area contributed by atoms with E-state index < -0.39 is 11.8 Å². The van der Waals surface area contributed by atoms with Gasteiger partial charge in [0.15, 0.2) is 0 Å². The molecular formula is C17H17N5O2. The van der Waals surface area contributed by atoms with E-state index in [9.17, 15) is 9.59 Å². The summed E-state index contributed by atoms with van der Waals surface area (Å²) in [5.74, 6) is -1.42. The highest BCUT2D eigenvalue weighted by Crippen LogP contribution is 2.15. The lowest BCUT2D eigenvalue weighted by molar-refractivity contribution is -0.136. The van der Waals surface area contributed by atoms with Crippen LogP contribution in [-0.4, -0.2) is 21.8 Å². The van der Waals surface area contributed by atoms with Crippen molar-refractivity contribution < 1.29 is 9.59 Å². The first kappa shape index (κ1) is 15.7. The minimum absolute atomic E-state index is 0.264. The predicted octanol–water partition coefficient (Wildman–Crippen LogP) is 1.28. The van der Waals surface area contributed by atoms with Crippen LogP contribution in [0.1, 0.15) is 11.1 Å². The van der Waals surface area contributed by atoms with Gasteiger partial charge in [0.1, 0.15) is 0 Å². The summed E-state index contributed by atoms with van der Waals surface area (Å²) in [4.78, 5) is 30.9. The van der Waals surface area contributed by atoms with Crippen LogP contribution in [0.4, 0.5) is 5.69 Å². The lowest BCUT2D eigenvalue weighted by atomic mass is 10.1. The van der Waals surface area contributed by atoms with E-state index >= 15 is 0 Å². The zero-order chi connectivity index (χ0) is 16.9. The molecule has 0 saturated heterocycles. The molecule has 7 nitrogen and oxygen atoms in total. The topological polar surface area (TPSA) is 113 Å². The quantitative estimate of drug-likeness (QED) is 0.542. The Kier molecular flexibility index (Phi) is 4.53. The maximum absolute atomic E-state index is 12.0. The second kappa shape index (κ2) is 6.93. The van der Waals surface area contributed by atoms with Gasteiger partial charge in [-0.05, 0) is 29.3 Å². The van der Waals surface area contributed by atoms with Crippen molar-refractivity contribution in [1.82, 2.24) is 15.3 Å². The minimum Gasteiger partial charge on any atom is -0.345 e. The largest absolute Gasteiger partial charge is 0.345 e. The van der Waals surface area contributed by atoms with Crippen LogP contribution >= 0.6 is 0 Å². The number of aromatic amines is 1. The van der Waals surface area contributed by atoms with E-state index in [1.807, 2.05) is 24.3 Å². The lowest BCUT2D eigenvalue weighted by Gasteiger charge is -2.07. The first-order chi connectivity index (χ1) is 11.7. The number of imidazole rings is 1. The van der Waals surface area contributed by atoms with Crippen molar-refractivity contribution in [2.45, 2.75) is 13.1 Å².